The van der Waals surface area contributed by atoms with Crippen molar-refractivity contribution in [3.05, 3.63) is 24.7 Å². The molecule has 0 aliphatic carbocycles. The molecule has 12 heteroatoms. The number of hydrogen-bond acceptors (Lipinski definition) is 12. The number of ether oxygens (including phenoxy) is 3. The molecule has 2 aliphatic heterocycles. The van der Waals surface area contributed by atoms with Gasteiger partial charge in [-0.15, -0.1) is 0 Å². The van der Waals surface area contributed by atoms with Crippen LogP contribution in [-0.4, -0.2) is 103 Å². The SMILES string of the molecule is COc1c(N)cc(-c2ncc3nccnc3n2)c(N2CCOC(C(=O)CN3CCNCC3)C2)c1OC. The van der Waals surface area contributed by atoms with Crippen LogP contribution in [0.3, 0.4) is 0 Å². The Balaban J connectivity index is 1.52. The summed E-state index contributed by atoms with van der Waals surface area (Å²) in [6.45, 7) is 5.10. The van der Waals surface area contributed by atoms with Crippen molar-refractivity contribution in [2.45, 2.75) is 6.10 Å². The molecule has 5 rings (SSSR count). The van der Waals surface area contributed by atoms with Crippen LogP contribution in [0.2, 0.25) is 0 Å². The number of anilines is 2. The molecule has 4 heterocycles. The van der Waals surface area contributed by atoms with E-state index in [9.17, 15) is 4.79 Å². The molecule has 1 aromatic carbocycles. The van der Waals surface area contributed by atoms with Gasteiger partial charge in [-0.2, -0.15) is 0 Å². The Labute approximate surface area is 208 Å². The first-order chi connectivity index (χ1) is 17.6. The fraction of sp³-hybridized carbons (Fsp3) is 0.458. The van der Waals surface area contributed by atoms with E-state index in [1.807, 2.05) is 0 Å². The van der Waals surface area contributed by atoms with E-state index in [-0.39, 0.29) is 5.78 Å². The zero-order chi connectivity index (χ0) is 25.1. The number of Topliss-reactive ketones (excluding diaryl/α,β-unsaturated/α-hetero) is 1. The largest absolute Gasteiger partial charge is 0.491 e. The van der Waals surface area contributed by atoms with Crippen LogP contribution in [-0.2, 0) is 9.53 Å². The van der Waals surface area contributed by atoms with Gasteiger partial charge < -0.3 is 30.2 Å². The smallest absolute Gasteiger partial charge is 0.187 e. The van der Waals surface area contributed by atoms with Crippen molar-refractivity contribution in [3.8, 4) is 22.9 Å². The summed E-state index contributed by atoms with van der Waals surface area (Å²) < 4.78 is 17.3. The highest BCUT2D eigenvalue weighted by Crippen LogP contribution is 2.48. The van der Waals surface area contributed by atoms with Crippen molar-refractivity contribution in [1.29, 1.82) is 0 Å². The molecule has 0 bridgehead atoms. The minimum absolute atomic E-state index is 0.0572. The highest BCUT2D eigenvalue weighted by Gasteiger charge is 2.33. The Bertz CT molecular complexity index is 1250. The lowest BCUT2D eigenvalue weighted by molar-refractivity contribution is -0.132. The summed E-state index contributed by atoms with van der Waals surface area (Å²) in [6.07, 6.45) is 4.23. The van der Waals surface area contributed by atoms with Crippen LogP contribution < -0.4 is 25.4 Å². The summed E-state index contributed by atoms with van der Waals surface area (Å²) in [7, 11) is 3.10. The van der Waals surface area contributed by atoms with E-state index in [1.54, 1.807) is 38.9 Å². The molecular formula is C24H30N8O4. The van der Waals surface area contributed by atoms with Gasteiger partial charge in [0.2, 0.25) is 0 Å². The maximum Gasteiger partial charge on any atom is 0.187 e. The van der Waals surface area contributed by atoms with Gasteiger partial charge in [0.05, 0.1) is 51.5 Å². The fourth-order valence-corrected chi connectivity index (χ4v) is 4.67. The van der Waals surface area contributed by atoms with Crippen LogP contribution in [0, 0.1) is 0 Å². The Morgan fingerprint density at radius 3 is 2.69 bits per heavy atom. The number of carbonyl (C=O) groups excluding carboxylic acids is 1. The van der Waals surface area contributed by atoms with Gasteiger partial charge >= 0.3 is 0 Å². The van der Waals surface area contributed by atoms with Crippen molar-refractivity contribution in [1.82, 2.24) is 30.2 Å². The summed E-state index contributed by atoms with van der Waals surface area (Å²) in [5.74, 6) is 1.33. The molecule has 2 aliphatic rings. The van der Waals surface area contributed by atoms with Crippen molar-refractivity contribution < 1.29 is 19.0 Å². The van der Waals surface area contributed by atoms with Crippen molar-refractivity contribution >= 4 is 28.3 Å². The van der Waals surface area contributed by atoms with Gasteiger partial charge in [-0.3, -0.25) is 9.69 Å². The molecule has 2 fully saturated rings. The van der Waals surface area contributed by atoms with E-state index < -0.39 is 6.10 Å². The predicted molar refractivity (Wildman–Crippen MR) is 134 cm³/mol. The van der Waals surface area contributed by atoms with Crippen molar-refractivity contribution in [3.63, 3.8) is 0 Å². The number of nitrogens with zero attached hydrogens (tertiary/aromatic N) is 6. The number of aromatic nitrogens is 4. The molecule has 1 unspecified atom stereocenters. The third kappa shape index (κ3) is 4.74. The van der Waals surface area contributed by atoms with E-state index in [0.717, 1.165) is 26.2 Å². The van der Waals surface area contributed by atoms with Gasteiger partial charge in [0.1, 0.15) is 11.6 Å². The quantitative estimate of drug-likeness (QED) is 0.438. The summed E-state index contributed by atoms with van der Waals surface area (Å²) in [5.41, 5.74) is 9.11. The van der Waals surface area contributed by atoms with Gasteiger partial charge in [-0.1, -0.05) is 0 Å². The summed E-state index contributed by atoms with van der Waals surface area (Å²) in [4.78, 5) is 35.1. The topological polar surface area (TPSA) is 141 Å². The molecule has 3 N–H and O–H groups in total. The van der Waals surface area contributed by atoms with Crippen LogP contribution in [0.25, 0.3) is 22.6 Å². The third-order valence-corrected chi connectivity index (χ3v) is 6.45. The monoisotopic (exact) mass is 494 g/mol. The zero-order valence-corrected chi connectivity index (χ0v) is 20.4. The van der Waals surface area contributed by atoms with Gasteiger partial charge in [0.25, 0.3) is 0 Å². The minimum Gasteiger partial charge on any atom is -0.491 e. The summed E-state index contributed by atoms with van der Waals surface area (Å²) in [6, 6.07) is 1.77. The molecule has 0 spiro atoms. The second-order valence-electron chi connectivity index (χ2n) is 8.69. The Morgan fingerprint density at radius 1 is 1.14 bits per heavy atom. The molecule has 2 aromatic heterocycles. The predicted octanol–water partition coefficient (Wildman–Crippen LogP) is 0.366. The lowest BCUT2D eigenvalue weighted by Crippen LogP contribution is -2.51. The van der Waals surface area contributed by atoms with E-state index >= 15 is 0 Å². The van der Waals surface area contributed by atoms with Gasteiger partial charge in [0, 0.05) is 50.7 Å². The average molecular weight is 495 g/mol. The molecule has 190 valence electrons. The Hall–Kier alpha value is -3.61. The molecule has 0 amide bonds. The van der Waals surface area contributed by atoms with Gasteiger partial charge in [0.15, 0.2) is 28.8 Å². The first-order valence-corrected chi connectivity index (χ1v) is 11.9. The maximum absolute atomic E-state index is 13.1. The number of piperazine rings is 1. The minimum atomic E-state index is -0.571. The highest BCUT2D eigenvalue weighted by molar-refractivity contribution is 5.90. The average Bonchev–Trinajstić information content (AvgIpc) is 2.92. The zero-order valence-electron chi connectivity index (χ0n) is 20.4. The number of ketones is 1. The molecule has 3 aromatic rings. The number of methoxy groups -OCH3 is 2. The summed E-state index contributed by atoms with van der Waals surface area (Å²) >= 11 is 0. The van der Waals surface area contributed by atoms with E-state index in [4.69, 9.17) is 19.9 Å². The molecule has 2 saturated heterocycles. The van der Waals surface area contributed by atoms with Crippen LogP contribution in [0.1, 0.15) is 0 Å². The lowest BCUT2D eigenvalue weighted by atomic mass is 10.0. The number of fused-ring (bicyclic) bond motifs is 1. The number of hydrogen-bond donors (Lipinski definition) is 2. The van der Waals surface area contributed by atoms with Crippen molar-refractivity contribution in [2.24, 2.45) is 0 Å². The van der Waals surface area contributed by atoms with Crippen LogP contribution in [0.4, 0.5) is 11.4 Å². The maximum atomic E-state index is 13.1. The molecule has 36 heavy (non-hydrogen) atoms. The molecule has 12 nitrogen and oxygen atoms in total. The first kappa shape index (κ1) is 24.1. The number of benzene rings is 1. The van der Waals surface area contributed by atoms with Crippen LogP contribution >= 0.6 is 0 Å². The highest BCUT2D eigenvalue weighted by atomic mass is 16.5. The number of nitrogen functional groups attached to an aromatic ring is 1. The Morgan fingerprint density at radius 2 is 1.92 bits per heavy atom. The van der Waals surface area contributed by atoms with E-state index in [0.29, 0.717) is 71.7 Å². The van der Waals surface area contributed by atoms with Crippen LogP contribution in [0.15, 0.2) is 24.7 Å². The number of nitrogens with two attached hydrogens (primary N) is 1. The number of rotatable bonds is 7. The molecular weight excluding hydrogens is 464 g/mol. The number of morpholine rings is 1. The van der Waals surface area contributed by atoms with E-state index in [2.05, 4.69) is 35.1 Å². The second-order valence-corrected chi connectivity index (χ2v) is 8.69. The van der Waals surface area contributed by atoms with Crippen molar-refractivity contribution in [2.75, 3.05) is 77.3 Å². The summed E-state index contributed by atoms with van der Waals surface area (Å²) in [5, 5.41) is 3.31. The fourth-order valence-electron chi connectivity index (χ4n) is 4.67. The lowest BCUT2D eigenvalue weighted by Gasteiger charge is -2.37. The second kappa shape index (κ2) is 10.6. The number of carbonyl (C=O) groups is 1. The standard InChI is InChI=1S/C24H30N8O4/c1-34-21-16(25)11-15(23-29-12-17-24(30-23)28-4-3-27-17)20(22(21)35-2)32-9-10-36-19(14-32)18(33)13-31-7-5-26-6-8-31/h3-4,11-12,19,26H,5-10,13-14,25H2,1-2H3. The van der Waals surface area contributed by atoms with Gasteiger partial charge in [-0.25, -0.2) is 19.9 Å². The Kier molecular flexibility index (Phi) is 7.07. The first-order valence-electron chi connectivity index (χ1n) is 11.9. The normalized spacial score (nSPS) is 18.8. The van der Waals surface area contributed by atoms with Gasteiger partial charge in [-0.05, 0) is 6.07 Å². The molecule has 0 radical (unpaired) electrons. The molecule has 0 saturated carbocycles. The van der Waals surface area contributed by atoms with E-state index in [1.165, 1.54) is 0 Å². The van der Waals surface area contributed by atoms with Crippen LogP contribution in [0.5, 0.6) is 11.5 Å². The third-order valence-electron chi connectivity index (χ3n) is 6.45. The number of nitrogens with one attached hydrogen (secondary N) is 1. The molecule has 1 atom stereocenters.